The number of amides is 1. The summed E-state index contributed by atoms with van der Waals surface area (Å²) in [5.41, 5.74) is 3.03. The highest BCUT2D eigenvalue weighted by molar-refractivity contribution is 9.10. The molecule has 0 radical (unpaired) electrons. The largest absolute Gasteiger partial charge is 0.350 e. The van der Waals surface area contributed by atoms with Crippen LogP contribution in [-0.4, -0.2) is 17.5 Å². The first-order chi connectivity index (χ1) is 12.0. The third-order valence-electron chi connectivity index (χ3n) is 4.55. The molecule has 25 heavy (non-hydrogen) atoms. The number of likely N-dealkylation sites (N-methyl/N-ethyl adjacent to an activating group) is 1. The van der Waals surface area contributed by atoms with Gasteiger partial charge in [-0.1, -0.05) is 36.4 Å². The van der Waals surface area contributed by atoms with Gasteiger partial charge in [-0.3, -0.25) is 4.79 Å². The van der Waals surface area contributed by atoms with Crippen LogP contribution in [0.1, 0.15) is 17.9 Å². The lowest BCUT2D eigenvalue weighted by Gasteiger charge is -2.24. The highest BCUT2D eigenvalue weighted by Gasteiger charge is 2.27. The lowest BCUT2D eigenvalue weighted by molar-refractivity contribution is -0.119. The maximum absolute atomic E-state index is 13.3. The summed E-state index contributed by atoms with van der Waals surface area (Å²) in [5.74, 6) is -0.205. The van der Waals surface area contributed by atoms with Gasteiger partial charge >= 0.3 is 0 Å². The van der Waals surface area contributed by atoms with Crippen LogP contribution in [0.3, 0.4) is 0 Å². The number of anilines is 1. The summed E-state index contributed by atoms with van der Waals surface area (Å²) in [6, 6.07) is 15.9. The summed E-state index contributed by atoms with van der Waals surface area (Å²) < 4.78 is 2.98. The molecule has 0 spiro atoms. The van der Waals surface area contributed by atoms with E-state index in [9.17, 15) is 4.79 Å². The van der Waals surface area contributed by atoms with Crippen molar-refractivity contribution >= 4 is 38.4 Å². The minimum Gasteiger partial charge on any atom is -0.350 e. The van der Waals surface area contributed by atoms with Gasteiger partial charge in [-0.25, -0.2) is 0 Å². The summed E-state index contributed by atoms with van der Waals surface area (Å²) in [5, 5.41) is 1.12. The third kappa shape index (κ3) is 3.27. The normalized spacial score (nSPS) is 12.1. The van der Waals surface area contributed by atoms with Crippen molar-refractivity contribution in [1.29, 1.82) is 0 Å². The second-order valence-electron chi connectivity index (χ2n) is 6.14. The van der Waals surface area contributed by atoms with E-state index in [-0.39, 0.29) is 11.8 Å². The van der Waals surface area contributed by atoms with Gasteiger partial charge < -0.3 is 9.47 Å². The molecule has 1 aromatic heterocycles. The molecule has 3 aromatic rings. The number of halogens is 1. The Kier molecular flexibility index (Phi) is 5.09. The topological polar surface area (TPSA) is 25.2 Å². The third-order valence-corrected chi connectivity index (χ3v) is 5.22. The Labute approximate surface area is 156 Å². The number of para-hydroxylation sites is 2. The van der Waals surface area contributed by atoms with Gasteiger partial charge in [-0.15, -0.1) is 6.58 Å². The van der Waals surface area contributed by atoms with Gasteiger partial charge in [-0.2, -0.15) is 0 Å². The van der Waals surface area contributed by atoms with Gasteiger partial charge in [0.1, 0.15) is 0 Å². The molecule has 128 valence electrons. The Balaban J connectivity index is 2.05. The Morgan fingerprint density at radius 1 is 1.24 bits per heavy atom. The van der Waals surface area contributed by atoms with Crippen molar-refractivity contribution in [2.45, 2.75) is 12.3 Å². The van der Waals surface area contributed by atoms with Crippen molar-refractivity contribution < 1.29 is 4.79 Å². The van der Waals surface area contributed by atoms with Crippen LogP contribution in [0.15, 0.2) is 71.9 Å². The molecular formula is C21H21BrN2O. The van der Waals surface area contributed by atoms with Crippen LogP contribution in [0.25, 0.3) is 10.9 Å². The quantitative estimate of drug-likeness (QED) is 0.539. The van der Waals surface area contributed by atoms with Gasteiger partial charge in [-0.05, 0) is 46.1 Å². The second kappa shape index (κ2) is 7.28. The van der Waals surface area contributed by atoms with E-state index in [1.165, 1.54) is 0 Å². The smallest absolute Gasteiger partial charge is 0.234 e. The zero-order valence-electron chi connectivity index (χ0n) is 14.4. The van der Waals surface area contributed by atoms with Crippen LogP contribution in [-0.2, 0) is 11.8 Å². The number of aryl methyl sites for hydroxylation is 1. The number of rotatable bonds is 5. The fraction of sp³-hybridized carbons (Fsp3) is 0.190. The highest BCUT2D eigenvalue weighted by atomic mass is 79.9. The average Bonchev–Trinajstić information content (AvgIpc) is 2.96. The number of aromatic nitrogens is 1. The predicted molar refractivity (Wildman–Crippen MR) is 108 cm³/mol. The summed E-state index contributed by atoms with van der Waals surface area (Å²) >= 11 is 3.54. The Hall–Kier alpha value is -2.33. The molecular weight excluding hydrogens is 376 g/mol. The minimum atomic E-state index is -0.263. The summed E-state index contributed by atoms with van der Waals surface area (Å²) in [6.45, 7) is 3.86. The number of fused-ring (bicyclic) bond motifs is 1. The van der Waals surface area contributed by atoms with Gasteiger partial charge in [0.2, 0.25) is 5.91 Å². The molecule has 2 aromatic carbocycles. The molecule has 0 aliphatic rings. The van der Waals surface area contributed by atoms with E-state index in [0.29, 0.717) is 6.42 Å². The number of carbonyl (C=O) groups excluding carboxylic acids is 1. The maximum Gasteiger partial charge on any atom is 0.234 e. The number of hydrogen-bond donors (Lipinski definition) is 0. The summed E-state index contributed by atoms with van der Waals surface area (Å²) in [6.07, 6.45) is 4.48. The van der Waals surface area contributed by atoms with Gasteiger partial charge in [0, 0.05) is 35.7 Å². The van der Waals surface area contributed by atoms with E-state index in [2.05, 4.69) is 45.4 Å². The van der Waals surface area contributed by atoms with Crippen LogP contribution in [0.5, 0.6) is 0 Å². The fourth-order valence-electron chi connectivity index (χ4n) is 3.25. The molecule has 1 amide bonds. The number of hydrogen-bond acceptors (Lipinski definition) is 1. The van der Waals surface area contributed by atoms with Crippen molar-refractivity contribution in [3.8, 4) is 0 Å². The fourth-order valence-corrected chi connectivity index (χ4v) is 3.81. The molecule has 3 nitrogen and oxygen atoms in total. The number of nitrogens with zero attached hydrogens (tertiary/aromatic N) is 2. The van der Waals surface area contributed by atoms with E-state index in [4.69, 9.17) is 0 Å². The summed E-state index contributed by atoms with van der Waals surface area (Å²) in [4.78, 5) is 15.0. The van der Waals surface area contributed by atoms with Crippen LogP contribution < -0.4 is 4.90 Å². The van der Waals surface area contributed by atoms with Gasteiger partial charge in [0.25, 0.3) is 0 Å². The van der Waals surface area contributed by atoms with Crippen molar-refractivity contribution in [1.82, 2.24) is 4.57 Å². The highest BCUT2D eigenvalue weighted by Crippen LogP contribution is 2.33. The Morgan fingerprint density at radius 3 is 2.64 bits per heavy atom. The minimum absolute atomic E-state index is 0.0585. The second-order valence-corrected chi connectivity index (χ2v) is 6.99. The zero-order valence-corrected chi connectivity index (χ0v) is 16.0. The molecule has 0 fully saturated rings. The molecule has 0 saturated heterocycles. The lowest BCUT2D eigenvalue weighted by Crippen LogP contribution is -2.31. The molecule has 0 N–H and O–H groups in total. The summed E-state index contributed by atoms with van der Waals surface area (Å²) in [7, 11) is 3.84. The average molecular weight is 397 g/mol. The van der Waals surface area contributed by atoms with Gasteiger partial charge in [0.05, 0.1) is 11.6 Å². The predicted octanol–water partition coefficient (Wildman–Crippen LogP) is 5.26. The first kappa shape index (κ1) is 17.5. The molecule has 0 aliphatic carbocycles. The van der Waals surface area contributed by atoms with Crippen LogP contribution in [0.2, 0.25) is 0 Å². The first-order valence-electron chi connectivity index (χ1n) is 8.21. The lowest BCUT2D eigenvalue weighted by atomic mass is 9.93. The Bertz CT molecular complexity index is 929. The first-order valence-corrected chi connectivity index (χ1v) is 9.01. The van der Waals surface area contributed by atoms with E-state index < -0.39 is 0 Å². The molecule has 1 heterocycles. The molecule has 1 atom stereocenters. The van der Waals surface area contributed by atoms with E-state index >= 15 is 0 Å². The van der Waals surface area contributed by atoms with Crippen molar-refractivity contribution in [3.63, 3.8) is 0 Å². The molecule has 1 unspecified atom stereocenters. The standard InChI is InChI=1S/C21H21BrN2O/c1-4-9-16(17-14-23(2)19-12-7-5-10-15(17)19)21(25)24(3)20-13-8-6-11-18(20)22/h4-8,10-14,16H,1,9H2,2-3H3. The molecule has 3 rings (SSSR count). The number of carbonyl (C=O) groups is 1. The van der Waals surface area contributed by atoms with Crippen molar-refractivity contribution in [3.05, 3.63) is 77.4 Å². The van der Waals surface area contributed by atoms with Gasteiger partial charge in [0.15, 0.2) is 0 Å². The van der Waals surface area contributed by atoms with E-state index in [0.717, 1.165) is 26.6 Å². The number of allylic oxidation sites excluding steroid dienone is 1. The zero-order chi connectivity index (χ0) is 18.0. The molecule has 4 heteroatoms. The SMILES string of the molecule is C=CCC(C(=O)N(C)c1ccccc1Br)c1cn(C)c2ccccc12. The van der Waals surface area contributed by atoms with E-state index in [1.54, 1.807) is 4.90 Å². The van der Waals surface area contributed by atoms with Crippen molar-refractivity contribution in [2.24, 2.45) is 7.05 Å². The monoisotopic (exact) mass is 396 g/mol. The molecule has 0 bridgehead atoms. The van der Waals surface area contributed by atoms with Crippen LogP contribution in [0.4, 0.5) is 5.69 Å². The molecule has 0 saturated carbocycles. The Morgan fingerprint density at radius 2 is 1.92 bits per heavy atom. The molecule has 0 aliphatic heterocycles. The number of benzene rings is 2. The van der Waals surface area contributed by atoms with Crippen molar-refractivity contribution in [2.75, 3.05) is 11.9 Å². The van der Waals surface area contributed by atoms with Crippen LogP contribution >= 0.6 is 15.9 Å². The van der Waals surface area contributed by atoms with E-state index in [1.807, 2.05) is 56.6 Å². The van der Waals surface area contributed by atoms with Crippen LogP contribution in [0, 0.1) is 0 Å². The maximum atomic E-state index is 13.3.